The summed E-state index contributed by atoms with van der Waals surface area (Å²) in [6, 6.07) is 7.02. The number of carbonyl (C=O) groups excluding carboxylic acids is 2. The van der Waals surface area contributed by atoms with E-state index in [1.165, 1.54) is 19.3 Å². The van der Waals surface area contributed by atoms with Gasteiger partial charge in [-0.05, 0) is 49.8 Å². The molecule has 1 aliphatic rings. The van der Waals surface area contributed by atoms with E-state index in [1.54, 1.807) is 6.07 Å². The van der Waals surface area contributed by atoms with Crippen LogP contribution >= 0.6 is 0 Å². The van der Waals surface area contributed by atoms with E-state index in [1.807, 2.05) is 23.1 Å². The van der Waals surface area contributed by atoms with Crippen LogP contribution in [0.25, 0.3) is 0 Å². The third-order valence-corrected chi connectivity index (χ3v) is 5.11. The Balaban J connectivity index is 1.87. The number of urea groups is 1. The number of rotatable bonds is 8. The summed E-state index contributed by atoms with van der Waals surface area (Å²) < 4.78 is 0. The Hall–Kier alpha value is -2.04. The van der Waals surface area contributed by atoms with Crippen molar-refractivity contribution < 1.29 is 9.59 Å². The van der Waals surface area contributed by atoms with Crippen molar-refractivity contribution >= 4 is 17.6 Å². The molecule has 0 bridgehead atoms. The third kappa shape index (κ3) is 6.36. The topological polar surface area (TPSA) is 61.4 Å². The lowest BCUT2D eigenvalue weighted by molar-refractivity contribution is 0.0724. The average Bonchev–Trinajstić information content (AvgIpc) is 2.68. The molecule has 3 amide bonds. The standard InChI is InChI=1S/C21H33N3O2/c1-3-5-10-17(4-2)16-22-21(26)23-19-12-9-11-18(15-19)20(25)24-13-7-6-8-14-24/h9,11-12,15,17H,3-8,10,13-14,16H2,1-2H3,(H2,22,23,26). The zero-order valence-corrected chi connectivity index (χ0v) is 16.2. The van der Waals surface area contributed by atoms with Gasteiger partial charge < -0.3 is 15.5 Å². The highest BCUT2D eigenvalue weighted by Crippen LogP contribution is 2.16. The number of nitrogens with one attached hydrogen (secondary N) is 2. The summed E-state index contributed by atoms with van der Waals surface area (Å²) in [5.74, 6) is 0.576. The van der Waals surface area contributed by atoms with Gasteiger partial charge in [-0.15, -0.1) is 0 Å². The molecule has 1 aromatic carbocycles. The molecule has 1 heterocycles. The van der Waals surface area contributed by atoms with Gasteiger partial charge in [0.2, 0.25) is 0 Å². The lowest BCUT2D eigenvalue weighted by atomic mass is 9.99. The number of hydrogen-bond acceptors (Lipinski definition) is 2. The van der Waals surface area contributed by atoms with Crippen LogP contribution in [0.2, 0.25) is 0 Å². The normalized spacial score (nSPS) is 15.4. The average molecular weight is 360 g/mol. The molecule has 0 saturated carbocycles. The summed E-state index contributed by atoms with van der Waals surface area (Å²) >= 11 is 0. The van der Waals surface area contributed by atoms with E-state index in [2.05, 4.69) is 24.5 Å². The molecule has 0 aliphatic carbocycles. The second-order valence-corrected chi connectivity index (χ2v) is 7.19. The quantitative estimate of drug-likeness (QED) is 0.710. The van der Waals surface area contributed by atoms with Gasteiger partial charge in [0.1, 0.15) is 0 Å². The number of carbonyl (C=O) groups is 2. The van der Waals surface area contributed by atoms with Gasteiger partial charge in [-0.2, -0.15) is 0 Å². The molecule has 1 unspecified atom stereocenters. The van der Waals surface area contributed by atoms with E-state index < -0.39 is 0 Å². The minimum absolute atomic E-state index is 0.0550. The molecular formula is C21H33N3O2. The second kappa shape index (κ2) is 10.8. The fourth-order valence-corrected chi connectivity index (χ4v) is 3.37. The molecule has 0 aromatic heterocycles. The van der Waals surface area contributed by atoms with Crippen molar-refractivity contribution in [3.63, 3.8) is 0 Å². The number of hydrogen-bond donors (Lipinski definition) is 2. The Kier molecular flexibility index (Phi) is 8.45. The first-order valence-electron chi connectivity index (χ1n) is 10.1. The zero-order chi connectivity index (χ0) is 18.8. The smallest absolute Gasteiger partial charge is 0.319 e. The SMILES string of the molecule is CCCCC(CC)CNC(=O)Nc1cccc(C(=O)N2CCCCC2)c1. The van der Waals surface area contributed by atoms with E-state index in [-0.39, 0.29) is 11.9 Å². The Morgan fingerprint density at radius 1 is 1.15 bits per heavy atom. The van der Waals surface area contributed by atoms with Gasteiger partial charge in [0.15, 0.2) is 0 Å². The van der Waals surface area contributed by atoms with Crippen LogP contribution in [0.4, 0.5) is 10.5 Å². The Morgan fingerprint density at radius 2 is 1.92 bits per heavy atom. The van der Waals surface area contributed by atoms with Gasteiger partial charge in [0.05, 0.1) is 0 Å². The van der Waals surface area contributed by atoms with Gasteiger partial charge in [0.25, 0.3) is 5.91 Å². The zero-order valence-electron chi connectivity index (χ0n) is 16.2. The van der Waals surface area contributed by atoms with E-state index in [4.69, 9.17) is 0 Å². The van der Waals surface area contributed by atoms with Crippen LogP contribution in [-0.2, 0) is 0 Å². The molecule has 144 valence electrons. The number of anilines is 1. The molecule has 5 heteroatoms. The van der Waals surface area contributed by atoms with Crippen LogP contribution in [0.5, 0.6) is 0 Å². The number of amides is 3. The Bertz CT molecular complexity index is 582. The predicted octanol–water partition coefficient (Wildman–Crippen LogP) is 4.65. The van der Waals surface area contributed by atoms with Crippen LogP contribution in [0.3, 0.4) is 0 Å². The molecule has 2 N–H and O–H groups in total. The van der Waals surface area contributed by atoms with Gasteiger partial charge >= 0.3 is 6.03 Å². The fraction of sp³-hybridized carbons (Fsp3) is 0.619. The van der Waals surface area contributed by atoms with Crippen molar-refractivity contribution in [2.75, 3.05) is 25.0 Å². The molecule has 0 radical (unpaired) electrons. The van der Waals surface area contributed by atoms with Gasteiger partial charge in [-0.25, -0.2) is 4.79 Å². The van der Waals surface area contributed by atoms with Crippen LogP contribution in [0.15, 0.2) is 24.3 Å². The summed E-state index contributed by atoms with van der Waals surface area (Å²) in [6.07, 6.45) is 7.93. The van der Waals surface area contributed by atoms with Gasteiger partial charge in [0, 0.05) is 30.9 Å². The van der Waals surface area contributed by atoms with E-state index in [9.17, 15) is 9.59 Å². The third-order valence-electron chi connectivity index (χ3n) is 5.11. The molecule has 2 rings (SSSR count). The maximum atomic E-state index is 12.6. The first kappa shape index (κ1) is 20.3. The maximum absolute atomic E-state index is 12.6. The molecule has 1 aromatic rings. The molecular weight excluding hydrogens is 326 g/mol. The van der Waals surface area contributed by atoms with Gasteiger partial charge in [-0.1, -0.05) is 39.2 Å². The number of likely N-dealkylation sites (tertiary alicyclic amines) is 1. The Morgan fingerprint density at radius 3 is 2.62 bits per heavy atom. The number of benzene rings is 1. The molecule has 5 nitrogen and oxygen atoms in total. The van der Waals surface area contributed by atoms with Gasteiger partial charge in [-0.3, -0.25) is 4.79 Å². The number of nitrogens with zero attached hydrogens (tertiary/aromatic N) is 1. The summed E-state index contributed by atoms with van der Waals surface area (Å²) in [5.41, 5.74) is 1.30. The van der Waals surface area contributed by atoms with Crippen molar-refractivity contribution in [3.05, 3.63) is 29.8 Å². The predicted molar refractivity (Wildman–Crippen MR) is 107 cm³/mol. The minimum Gasteiger partial charge on any atom is -0.339 e. The molecule has 1 atom stereocenters. The highest BCUT2D eigenvalue weighted by Gasteiger charge is 2.18. The highest BCUT2D eigenvalue weighted by atomic mass is 16.2. The van der Waals surface area contributed by atoms with Crippen molar-refractivity contribution in [1.29, 1.82) is 0 Å². The first-order valence-corrected chi connectivity index (χ1v) is 10.1. The molecule has 26 heavy (non-hydrogen) atoms. The fourth-order valence-electron chi connectivity index (χ4n) is 3.37. The second-order valence-electron chi connectivity index (χ2n) is 7.19. The number of unbranched alkanes of at least 4 members (excludes halogenated alkanes) is 1. The van der Waals surface area contributed by atoms with Crippen molar-refractivity contribution in [1.82, 2.24) is 10.2 Å². The monoisotopic (exact) mass is 359 g/mol. The highest BCUT2D eigenvalue weighted by molar-refractivity contribution is 5.97. The lowest BCUT2D eigenvalue weighted by Gasteiger charge is -2.26. The number of piperidine rings is 1. The van der Waals surface area contributed by atoms with Crippen LogP contribution < -0.4 is 10.6 Å². The van der Waals surface area contributed by atoms with Crippen LogP contribution in [-0.4, -0.2) is 36.5 Å². The molecule has 0 spiro atoms. The van der Waals surface area contributed by atoms with E-state index >= 15 is 0 Å². The summed E-state index contributed by atoms with van der Waals surface area (Å²) in [6.45, 7) is 6.69. The largest absolute Gasteiger partial charge is 0.339 e. The minimum atomic E-state index is -0.206. The molecule has 1 aliphatic heterocycles. The van der Waals surface area contributed by atoms with E-state index in [0.29, 0.717) is 23.7 Å². The summed E-state index contributed by atoms with van der Waals surface area (Å²) in [5, 5.41) is 5.81. The van der Waals surface area contributed by atoms with Crippen molar-refractivity contribution in [3.8, 4) is 0 Å². The van der Waals surface area contributed by atoms with Crippen LogP contribution in [0.1, 0.15) is 69.2 Å². The summed E-state index contributed by atoms with van der Waals surface area (Å²) in [4.78, 5) is 26.7. The molecule has 1 saturated heterocycles. The Labute approximate surface area is 157 Å². The van der Waals surface area contributed by atoms with Crippen molar-refractivity contribution in [2.24, 2.45) is 5.92 Å². The molecule has 1 fully saturated rings. The van der Waals surface area contributed by atoms with E-state index in [0.717, 1.165) is 38.8 Å². The van der Waals surface area contributed by atoms with Crippen LogP contribution in [0, 0.1) is 5.92 Å². The van der Waals surface area contributed by atoms with Crippen molar-refractivity contribution in [2.45, 2.75) is 58.8 Å². The lowest BCUT2D eigenvalue weighted by Crippen LogP contribution is -2.35. The first-order chi connectivity index (χ1) is 12.6. The summed E-state index contributed by atoms with van der Waals surface area (Å²) in [7, 11) is 0. The maximum Gasteiger partial charge on any atom is 0.319 e.